The fourth-order valence-electron chi connectivity index (χ4n) is 3.36. The number of nitrogens with one attached hydrogen (secondary N) is 1. The zero-order valence-electron chi connectivity index (χ0n) is 16.1. The number of hydrogen-bond acceptors (Lipinski definition) is 4. The summed E-state index contributed by atoms with van der Waals surface area (Å²) in [7, 11) is 0. The van der Waals surface area contributed by atoms with Crippen molar-refractivity contribution in [3.63, 3.8) is 0 Å². The Labute approximate surface area is 174 Å². The molecule has 5 nitrogen and oxygen atoms in total. The summed E-state index contributed by atoms with van der Waals surface area (Å²) in [6, 6.07) is 17.3. The van der Waals surface area contributed by atoms with Crippen molar-refractivity contribution in [2.24, 2.45) is 0 Å². The molecule has 0 saturated carbocycles. The molecule has 3 aromatic rings. The molecule has 2 amide bonds. The lowest BCUT2D eigenvalue weighted by atomic mass is 10.1. The Hall–Kier alpha value is -3.12. The highest BCUT2D eigenvalue weighted by Crippen LogP contribution is 2.29. The number of rotatable bonds is 5. The number of benzene rings is 2. The van der Waals surface area contributed by atoms with Crippen molar-refractivity contribution in [3.05, 3.63) is 83.7 Å². The van der Waals surface area contributed by atoms with Crippen LogP contribution in [0.5, 0.6) is 0 Å². The number of aromatic nitrogens is 1. The summed E-state index contributed by atoms with van der Waals surface area (Å²) >= 11 is 1.73. The quantitative estimate of drug-likeness (QED) is 0.636. The smallest absolute Gasteiger partial charge is 0.255 e. The van der Waals surface area contributed by atoms with Crippen molar-refractivity contribution in [2.75, 3.05) is 16.8 Å². The normalized spacial score (nSPS) is 12.5. The summed E-state index contributed by atoms with van der Waals surface area (Å²) in [4.78, 5) is 31.3. The van der Waals surface area contributed by atoms with Gasteiger partial charge in [-0.25, -0.2) is 0 Å². The van der Waals surface area contributed by atoms with Crippen LogP contribution in [0.4, 0.5) is 11.4 Å². The molecule has 1 N–H and O–H groups in total. The average molecular weight is 404 g/mol. The van der Waals surface area contributed by atoms with E-state index in [4.69, 9.17) is 0 Å². The number of amides is 2. The maximum atomic E-state index is 12.6. The van der Waals surface area contributed by atoms with Gasteiger partial charge in [0, 0.05) is 53.4 Å². The van der Waals surface area contributed by atoms with Crippen molar-refractivity contribution in [1.82, 2.24) is 4.98 Å². The monoisotopic (exact) mass is 403 g/mol. The van der Waals surface area contributed by atoms with Crippen LogP contribution in [0.25, 0.3) is 0 Å². The first-order valence-electron chi connectivity index (χ1n) is 9.44. The molecule has 146 valence electrons. The fourth-order valence-corrected chi connectivity index (χ4v) is 4.19. The molecular weight excluding hydrogens is 382 g/mol. The number of nitrogens with zero attached hydrogens (tertiary/aromatic N) is 2. The van der Waals surface area contributed by atoms with E-state index in [2.05, 4.69) is 16.4 Å². The van der Waals surface area contributed by atoms with Crippen LogP contribution in [0.2, 0.25) is 0 Å². The summed E-state index contributed by atoms with van der Waals surface area (Å²) in [6.45, 7) is 2.24. The van der Waals surface area contributed by atoms with Gasteiger partial charge in [0.25, 0.3) is 5.91 Å². The molecule has 1 aliphatic heterocycles. The van der Waals surface area contributed by atoms with Crippen LogP contribution >= 0.6 is 11.8 Å². The molecule has 0 radical (unpaired) electrons. The lowest BCUT2D eigenvalue weighted by molar-refractivity contribution is -0.116. The van der Waals surface area contributed by atoms with Gasteiger partial charge in [-0.05, 0) is 66.1 Å². The number of thioether (sulfide) groups is 1. The van der Waals surface area contributed by atoms with Crippen LogP contribution in [-0.2, 0) is 17.0 Å². The van der Waals surface area contributed by atoms with Gasteiger partial charge in [-0.2, -0.15) is 0 Å². The van der Waals surface area contributed by atoms with Crippen LogP contribution in [0.3, 0.4) is 0 Å². The topological polar surface area (TPSA) is 62.3 Å². The van der Waals surface area contributed by atoms with Crippen LogP contribution in [0.1, 0.15) is 28.4 Å². The van der Waals surface area contributed by atoms with E-state index in [0.29, 0.717) is 12.1 Å². The number of pyridine rings is 1. The lowest BCUT2D eigenvalue weighted by Crippen LogP contribution is -2.25. The third kappa shape index (κ3) is 4.49. The van der Waals surface area contributed by atoms with Gasteiger partial charge >= 0.3 is 0 Å². The highest BCUT2D eigenvalue weighted by molar-refractivity contribution is 7.98. The lowest BCUT2D eigenvalue weighted by Gasteiger charge is -2.14. The predicted octanol–water partition coefficient (Wildman–Crippen LogP) is 4.54. The summed E-state index contributed by atoms with van der Waals surface area (Å²) in [5, 5.41) is 2.95. The molecule has 29 heavy (non-hydrogen) atoms. The van der Waals surface area contributed by atoms with Gasteiger partial charge in [0.1, 0.15) is 0 Å². The van der Waals surface area contributed by atoms with Gasteiger partial charge < -0.3 is 10.2 Å². The molecule has 0 aliphatic carbocycles. The first-order chi connectivity index (χ1) is 14.1. The average Bonchev–Trinajstić information content (AvgIpc) is 3.17. The first kappa shape index (κ1) is 19.2. The van der Waals surface area contributed by atoms with Gasteiger partial charge in [0.2, 0.25) is 5.91 Å². The SMILES string of the molecule is CC(=O)N1CCc2cc(C(=O)Nc3ccc(SCc4cccnc4)cc3)ccc21. The first-order valence-corrected chi connectivity index (χ1v) is 10.4. The molecule has 4 rings (SSSR count). The molecule has 6 heteroatoms. The maximum absolute atomic E-state index is 12.6. The van der Waals surface area contributed by atoms with Crippen molar-refractivity contribution in [3.8, 4) is 0 Å². The van der Waals surface area contributed by atoms with Crippen LogP contribution in [-0.4, -0.2) is 23.3 Å². The van der Waals surface area contributed by atoms with E-state index >= 15 is 0 Å². The zero-order chi connectivity index (χ0) is 20.2. The minimum atomic E-state index is -0.148. The third-order valence-corrected chi connectivity index (χ3v) is 5.94. The van der Waals surface area contributed by atoms with Crippen molar-refractivity contribution < 1.29 is 9.59 Å². The number of hydrogen-bond donors (Lipinski definition) is 1. The molecule has 0 saturated heterocycles. The second kappa shape index (κ2) is 8.49. The summed E-state index contributed by atoms with van der Waals surface area (Å²) in [5.41, 5.74) is 4.48. The molecule has 0 spiro atoms. The Balaban J connectivity index is 1.38. The standard InChI is InChI=1S/C23H21N3O2S/c1-16(27)26-12-10-18-13-19(4-9-22(18)26)23(28)25-20-5-7-21(8-6-20)29-15-17-3-2-11-24-14-17/h2-9,11,13-14H,10,12,15H2,1H3,(H,25,28). The van der Waals surface area contributed by atoms with Gasteiger partial charge in [-0.1, -0.05) is 6.07 Å². The van der Waals surface area contributed by atoms with E-state index < -0.39 is 0 Å². The molecule has 0 fully saturated rings. The molecule has 0 bridgehead atoms. The Morgan fingerprint density at radius 1 is 1.14 bits per heavy atom. The second-order valence-electron chi connectivity index (χ2n) is 6.89. The fraction of sp³-hybridized carbons (Fsp3) is 0.174. The Morgan fingerprint density at radius 3 is 2.69 bits per heavy atom. The Morgan fingerprint density at radius 2 is 1.97 bits per heavy atom. The van der Waals surface area contributed by atoms with E-state index in [0.717, 1.165) is 34.0 Å². The van der Waals surface area contributed by atoms with Crippen LogP contribution in [0, 0.1) is 0 Å². The van der Waals surface area contributed by atoms with E-state index in [1.807, 2.05) is 48.7 Å². The molecular formula is C23H21N3O2S. The van der Waals surface area contributed by atoms with Gasteiger partial charge in [0.15, 0.2) is 0 Å². The third-order valence-electron chi connectivity index (χ3n) is 4.86. The minimum Gasteiger partial charge on any atom is -0.322 e. The van der Waals surface area contributed by atoms with E-state index in [1.165, 1.54) is 5.56 Å². The summed E-state index contributed by atoms with van der Waals surface area (Å²) in [5.74, 6) is 0.735. The van der Waals surface area contributed by atoms with Gasteiger partial charge in [0.05, 0.1) is 0 Å². The Kier molecular flexibility index (Phi) is 5.62. The predicted molar refractivity (Wildman–Crippen MR) is 116 cm³/mol. The largest absolute Gasteiger partial charge is 0.322 e. The maximum Gasteiger partial charge on any atom is 0.255 e. The van der Waals surface area contributed by atoms with Gasteiger partial charge in [-0.15, -0.1) is 11.8 Å². The molecule has 0 unspecified atom stereocenters. The van der Waals surface area contributed by atoms with Crippen LogP contribution < -0.4 is 10.2 Å². The highest BCUT2D eigenvalue weighted by atomic mass is 32.2. The van der Waals surface area contributed by atoms with E-state index in [-0.39, 0.29) is 11.8 Å². The number of fused-ring (bicyclic) bond motifs is 1. The highest BCUT2D eigenvalue weighted by Gasteiger charge is 2.23. The van der Waals surface area contributed by atoms with Gasteiger partial charge in [-0.3, -0.25) is 14.6 Å². The van der Waals surface area contributed by atoms with Crippen molar-refractivity contribution in [1.29, 1.82) is 0 Å². The van der Waals surface area contributed by atoms with E-state index in [1.54, 1.807) is 35.8 Å². The summed E-state index contributed by atoms with van der Waals surface area (Å²) in [6.07, 6.45) is 4.42. The summed E-state index contributed by atoms with van der Waals surface area (Å²) < 4.78 is 0. The molecule has 2 heterocycles. The van der Waals surface area contributed by atoms with Crippen LogP contribution in [0.15, 0.2) is 71.9 Å². The van der Waals surface area contributed by atoms with Crippen molar-refractivity contribution in [2.45, 2.75) is 24.0 Å². The molecule has 1 aromatic heterocycles. The van der Waals surface area contributed by atoms with E-state index in [9.17, 15) is 9.59 Å². The second-order valence-corrected chi connectivity index (χ2v) is 7.94. The minimum absolute atomic E-state index is 0.0300. The number of carbonyl (C=O) groups excluding carboxylic acids is 2. The molecule has 0 atom stereocenters. The number of carbonyl (C=O) groups is 2. The molecule has 2 aromatic carbocycles. The molecule has 1 aliphatic rings. The Bertz CT molecular complexity index is 1040. The zero-order valence-corrected chi connectivity index (χ0v) is 16.9. The van der Waals surface area contributed by atoms with Crippen molar-refractivity contribution >= 4 is 35.0 Å². The number of anilines is 2.